The summed E-state index contributed by atoms with van der Waals surface area (Å²) in [6.07, 6.45) is 2.11. The van der Waals surface area contributed by atoms with Crippen molar-refractivity contribution in [3.05, 3.63) is 30.1 Å². The minimum Gasteiger partial charge on any atom is -0.484 e. The summed E-state index contributed by atoms with van der Waals surface area (Å²) in [6.45, 7) is 5.04. The van der Waals surface area contributed by atoms with E-state index in [4.69, 9.17) is 4.74 Å². The van der Waals surface area contributed by atoms with Crippen LogP contribution in [0.15, 0.2) is 24.3 Å². The first-order valence-corrected chi connectivity index (χ1v) is 6.76. The van der Waals surface area contributed by atoms with E-state index < -0.39 is 0 Å². The van der Waals surface area contributed by atoms with E-state index in [1.807, 2.05) is 4.90 Å². The number of carbonyl (C=O) groups is 1. The third-order valence-corrected chi connectivity index (χ3v) is 3.55. The van der Waals surface area contributed by atoms with Gasteiger partial charge in [0.15, 0.2) is 6.61 Å². The molecule has 1 amide bonds. The minimum absolute atomic E-state index is 0.0135. The molecule has 1 aliphatic heterocycles. The Morgan fingerprint density at radius 2 is 2.32 bits per heavy atom. The van der Waals surface area contributed by atoms with Gasteiger partial charge in [0.05, 0.1) is 0 Å². The molecule has 3 nitrogen and oxygen atoms in total. The number of halogens is 1. The summed E-state index contributed by atoms with van der Waals surface area (Å²) in [5.74, 6) is 0.487. The van der Waals surface area contributed by atoms with Crippen molar-refractivity contribution in [2.75, 3.05) is 13.2 Å². The van der Waals surface area contributed by atoms with Crippen molar-refractivity contribution in [3.63, 3.8) is 0 Å². The minimum atomic E-state index is -0.355. The molecular weight excluding hydrogens is 245 g/mol. The van der Waals surface area contributed by atoms with E-state index in [1.165, 1.54) is 12.1 Å². The van der Waals surface area contributed by atoms with E-state index in [9.17, 15) is 9.18 Å². The number of carbonyl (C=O) groups excluding carboxylic acids is 1. The third kappa shape index (κ3) is 3.46. The first-order valence-electron chi connectivity index (χ1n) is 6.76. The molecule has 1 saturated heterocycles. The van der Waals surface area contributed by atoms with Crippen molar-refractivity contribution in [2.45, 2.75) is 32.7 Å². The van der Waals surface area contributed by atoms with Gasteiger partial charge in [-0.15, -0.1) is 0 Å². The molecule has 1 unspecified atom stereocenters. The zero-order valence-corrected chi connectivity index (χ0v) is 11.4. The van der Waals surface area contributed by atoms with Gasteiger partial charge in [0.1, 0.15) is 11.6 Å². The highest BCUT2D eigenvalue weighted by Crippen LogP contribution is 2.24. The molecule has 0 bridgehead atoms. The van der Waals surface area contributed by atoms with Crippen LogP contribution >= 0.6 is 0 Å². The molecule has 1 aromatic rings. The Balaban J connectivity index is 1.91. The van der Waals surface area contributed by atoms with Crippen molar-refractivity contribution in [2.24, 2.45) is 5.92 Å². The molecule has 0 spiro atoms. The molecule has 1 heterocycles. The average Bonchev–Trinajstić information content (AvgIpc) is 2.85. The monoisotopic (exact) mass is 265 g/mol. The summed E-state index contributed by atoms with van der Waals surface area (Å²) in [5, 5.41) is 0. The number of nitrogens with zero attached hydrogens (tertiary/aromatic N) is 1. The van der Waals surface area contributed by atoms with Crippen molar-refractivity contribution in [3.8, 4) is 5.75 Å². The fourth-order valence-electron chi connectivity index (χ4n) is 2.58. The summed E-state index contributed by atoms with van der Waals surface area (Å²) in [6, 6.07) is 6.17. The molecule has 0 radical (unpaired) electrons. The number of benzene rings is 1. The van der Waals surface area contributed by atoms with Crippen LogP contribution in [0, 0.1) is 11.7 Å². The molecule has 2 rings (SSSR count). The first-order chi connectivity index (χ1) is 9.08. The van der Waals surface area contributed by atoms with Gasteiger partial charge in [0.2, 0.25) is 0 Å². The SMILES string of the molecule is CC(C)C1CCCN1C(=O)COc1cccc(F)c1. The topological polar surface area (TPSA) is 29.5 Å². The highest BCUT2D eigenvalue weighted by molar-refractivity contribution is 5.78. The maximum atomic E-state index is 13.0. The maximum Gasteiger partial charge on any atom is 0.260 e. The van der Waals surface area contributed by atoms with Crippen LogP contribution in [0.25, 0.3) is 0 Å². The Labute approximate surface area is 113 Å². The lowest BCUT2D eigenvalue weighted by atomic mass is 10.0. The lowest BCUT2D eigenvalue weighted by Crippen LogP contribution is -2.41. The fraction of sp³-hybridized carbons (Fsp3) is 0.533. The Bertz CT molecular complexity index is 448. The van der Waals surface area contributed by atoms with Crippen molar-refractivity contribution >= 4 is 5.91 Å². The van der Waals surface area contributed by atoms with Crippen LogP contribution in [0.4, 0.5) is 4.39 Å². The van der Waals surface area contributed by atoms with E-state index in [0.29, 0.717) is 17.7 Å². The van der Waals surface area contributed by atoms with Crippen LogP contribution in [0.2, 0.25) is 0 Å². The van der Waals surface area contributed by atoms with Gasteiger partial charge in [-0.3, -0.25) is 4.79 Å². The van der Waals surface area contributed by atoms with Crippen LogP contribution in [0.5, 0.6) is 5.75 Å². The van der Waals surface area contributed by atoms with E-state index in [-0.39, 0.29) is 18.3 Å². The van der Waals surface area contributed by atoms with E-state index in [1.54, 1.807) is 12.1 Å². The molecule has 0 aromatic heterocycles. The molecule has 0 N–H and O–H groups in total. The number of hydrogen-bond acceptors (Lipinski definition) is 2. The summed E-state index contributed by atoms with van der Waals surface area (Å²) in [5.41, 5.74) is 0. The Kier molecular flexibility index (Phi) is 4.40. The van der Waals surface area contributed by atoms with E-state index in [0.717, 1.165) is 19.4 Å². The number of ether oxygens (including phenoxy) is 1. The smallest absolute Gasteiger partial charge is 0.260 e. The van der Waals surface area contributed by atoms with Crippen molar-refractivity contribution in [1.29, 1.82) is 0 Å². The highest BCUT2D eigenvalue weighted by Gasteiger charge is 2.30. The largest absolute Gasteiger partial charge is 0.484 e. The van der Waals surface area contributed by atoms with Gasteiger partial charge >= 0.3 is 0 Å². The number of hydrogen-bond donors (Lipinski definition) is 0. The lowest BCUT2D eigenvalue weighted by molar-refractivity contribution is -0.134. The molecule has 1 fully saturated rings. The van der Waals surface area contributed by atoms with Gasteiger partial charge in [-0.25, -0.2) is 4.39 Å². The molecule has 104 valence electrons. The third-order valence-electron chi connectivity index (χ3n) is 3.55. The molecule has 1 aromatic carbocycles. The van der Waals surface area contributed by atoms with Crippen LogP contribution in [0.1, 0.15) is 26.7 Å². The summed E-state index contributed by atoms with van der Waals surface area (Å²) >= 11 is 0. The van der Waals surface area contributed by atoms with Crippen LogP contribution in [-0.2, 0) is 4.79 Å². The van der Waals surface area contributed by atoms with Gasteiger partial charge in [-0.05, 0) is 30.9 Å². The molecule has 4 heteroatoms. The molecule has 1 atom stereocenters. The average molecular weight is 265 g/mol. The fourth-order valence-corrected chi connectivity index (χ4v) is 2.58. The molecule has 0 saturated carbocycles. The van der Waals surface area contributed by atoms with E-state index >= 15 is 0 Å². The van der Waals surface area contributed by atoms with Crippen LogP contribution in [0.3, 0.4) is 0 Å². The molecule has 19 heavy (non-hydrogen) atoms. The summed E-state index contributed by atoms with van der Waals surface area (Å²) in [7, 11) is 0. The van der Waals surface area contributed by atoms with Crippen LogP contribution < -0.4 is 4.74 Å². The van der Waals surface area contributed by atoms with Crippen LogP contribution in [-0.4, -0.2) is 30.0 Å². The van der Waals surface area contributed by atoms with Crippen molar-refractivity contribution < 1.29 is 13.9 Å². The molecule has 0 aliphatic carbocycles. The second-order valence-electron chi connectivity index (χ2n) is 5.29. The Hall–Kier alpha value is -1.58. The van der Waals surface area contributed by atoms with Gasteiger partial charge < -0.3 is 9.64 Å². The second kappa shape index (κ2) is 6.04. The van der Waals surface area contributed by atoms with Gasteiger partial charge in [0, 0.05) is 18.7 Å². The maximum absolute atomic E-state index is 13.0. The summed E-state index contributed by atoms with van der Waals surface area (Å²) < 4.78 is 18.3. The van der Waals surface area contributed by atoms with Gasteiger partial charge in [-0.2, -0.15) is 0 Å². The highest BCUT2D eigenvalue weighted by atomic mass is 19.1. The zero-order chi connectivity index (χ0) is 13.8. The zero-order valence-electron chi connectivity index (χ0n) is 11.4. The Morgan fingerprint density at radius 3 is 3.00 bits per heavy atom. The second-order valence-corrected chi connectivity index (χ2v) is 5.29. The normalized spacial score (nSPS) is 18.9. The molecular formula is C15H20FNO2. The molecule has 1 aliphatic rings. The summed E-state index contributed by atoms with van der Waals surface area (Å²) in [4.78, 5) is 14.0. The number of likely N-dealkylation sites (tertiary alicyclic amines) is 1. The quantitative estimate of drug-likeness (QED) is 0.837. The standard InChI is InChI=1S/C15H20FNO2/c1-11(2)14-7-4-8-17(14)15(18)10-19-13-6-3-5-12(16)9-13/h3,5-6,9,11,14H,4,7-8,10H2,1-2H3. The van der Waals surface area contributed by atoms with Gasteiger partial charge in [-0.1, -0.05) is 19.9 Å². The number of rotatable bonds is 4. The predicted octanol–water partition coefficient (Wildman–Crippen LogP) is 2.85. The first kappa shape index (κ1) is 13.8. The van der Waals surface area contributed by atoms with Crippen molar-refractivity contribution in [1.82, 2.24) is 4.90 Å². The number of amides is 1. The Morgan fingerprint density at radius 1 is 1.53 bits per heavy atom. The van der Waals surface area contributed by atoms with E-state index in [2.05, 4.69) is 13.8 Å². The predicted molar refractivity (Wildman–Crippen MR) is 71.5 cm³/mol. The van der Waals surface area contributed by atoms with Gasteiger partial charge in [0.25, 0.3) is 5.91 Å². The lowest BCUT2D eigenvalue weighted by Gasteiger charge is -2.27.